The molecule has 0 fully saturated rings. The third-order valence-corrected chi connectivity index (χ3v) is 6.64. The van der Waals surface area contributed by atoms with E-state index in [1.54, 1.807) is 6.08 Å². The number of anilines is 1. The molecule has 1 N–H and O–H groups in total. The highest BCUT2D eigenvalue weighted by atomic mass is 32.2. The highest BCUT2D eigenvalue weighted by Crippen LogP contribution is 2.26. The van der Waals surface area contributed by atoms with E-state index in [0.29, 0.717) is 29.2 Å². The minimum Gasteiger partial charge on any atom is -0.483 e. The molecular formula is C28H32N4O6S. The Hall–Kier alpha value is -4.12. The average Bonchev–Trinajstić information content (AvgIpc) is 3.33. The number of carbonyl (C=O) groups is 3. The highest BCUT2D eigenvalue weighted by molar-refractivity contribution is 7.99. The standard InChI is InChI=1S/C28H32N4O6S/c1-7-12-32-25(18(4)38-23-10-8-19(9-11-23)17(2)3)30-31-28(32)39-16-24(33)29-22-14-20(26(34)36-5)13-21(15-22)27(35)37-6/h7-11,13-15,17-18H,1,12,16H2,2-6H3,(H,29,33). The van der Waals surface area contributed by atoms with Crippen molar-refractivity contribution in [2.75, 3.05) is 25.3 Å². The Kier molecular flexibility index (Phi) is 10.3. The quantitative estimate of drug-likeness (QED) is 0.187. The summed E-state index contributed by atoms with van der Waals surface area (Å²) in [6.45, 7) is 10.4. The van der Waals surface area contributed by atoms with Crippen LogP contribution in [0.25, 0.3) is 0 Å². The minimum atomic E-state index is -0.650. The maximum Gasteiger partial charge on any atom is 0.337 e. The van der Waals surface area contributed by atoms with Crippen molar-refractivity contribution >= 4 is 35.3 Å². The van der Waals surface area contributed by atoms with Crippen LogP contribution in [0.5, 0.6) is 5.75 Å². The van der Waals surface area contributed by atoms with Crippen molar-refractivity contribution in [3.8, 4) is 5.75 Å². The third kappa shape index (κ3) is 7.70. The number of hydrogen-bond donors (Lipinski definition) is 1. The second kappa shape index (κ2) is 13.6. The van der Waals surface area contributed by atoms with Gasteiger partial charge in [0.1, 0.15) is 5.75 Å². The van der Waals surface area contributed by atoms with Crippen molar-refractivity contribution in [3.05, 3.63) is 77.6 Å². The number of amides is 1. The van der Waals surface area contributed by atoms with Crippen LogP contribution in [0, 0.1) is 0 Å². The van der Waals surface area contributed by atoms with Crippen molar-refractivity contribution < 1.29 is 28.6 Å². The van der Waals surface area contributed by atoms with E-state index in [1.165, 1.54) is 49.7 Å². The lowest BCUT2D eigenvalue weighted by molar-refractivity contribution is -0.113. The van der Waals surface area contributed by atoms with Crippen LogP contribution >= 0.6 is 11.8 Å². The summed E-state index contributed by atoms with van der Waals surface area (Å²) >= 11 is 1.18. The molecule has 0 bridgehead atoms. The Bertz CT molecular complexity index is 1300. The molecule has 0 aliphatic carbocycles. The number of carbonyl (C=O) groups excluding carboxylic acids is 3. The van der Waals surface area contributed by atoms with Gasteiger partial charge in [0, 0.05) is 12.2 Å². The number of ether oxygens (including phenoxy) is 3. The van der Waals surface area contributed by atoms with E-state index >= 15 is 0 Å². The second-order valence-corrected chi connectivity index (χ2v) is 9.79. The van der Waals surface area contributed by atoms with Crippen LogP contribution in [0.3, 0.4) is 0 Å². The van der Waals surface area contributed by atoms with E-state index in [2.05, 4.69) is 35.9 Å². The normalized spacial score (nSPS) is 11.5. The van der Waals surface area contributed by atoms with E-state index in [-0.39, 0.29) is 28.5 Å². The summed E-state index contributed by atoms with van der Waals surface area (Å²) in [5.41, 5.74) is 1.68. The number of benzene rings is 2. The van der Waals surface area contributed by atoms with Crippen LogP contribution in [0.4, 0.5) is 5.69 Å². The van der Waals surface area contributed by atoms with Crippen molar-refractivity contribution in [2.45, 2.75) is 44.5 Å². The first kappa shape index (κ1) is 29.4. The number of aromatic nitrogens is 3. The second-order valence-electron chi connectivity index (χ2n) is 8.84. The fourth-order valence-electron chi connectivity index (χ4n) is 3.69. The molecule has 1 heterocycles. The van der Waals surface area contributed by atoms with Crippen LogP contribution in [0.15, 0.2) is 60.3 Å². The number of nitrogens with zero attached hydrogens (tertiary/aromatic N) is 3. The van der Waals surface area contributed by atoms with Crippen LogP contribution in [-0.2, 0) is 20.8 Å². The molecule has 1 aromatic heterocycles. The summed E-state index contributed by atoms with van der Waals surface area (Å²) < 4.78 is 17.4. The van der Waals surface area contributed by atoms with Crippen molar-refractivity contribution in [1.82, 2.24) is 14.8 Å². The van der Waals surface area contributed by atoms with E-state index in [9.17, 15) is 14.4 Å². The Morgan fingerprint density at radius 2 is 1.62 bits per heavy atom. The first-order valence-electron chi connectivity index (χ1n) is 12.2. The zero-order chi connectivity index (χ0) is 28.5. The van der Waals surface area contributed by atoms with E-state index in [1.807, 2.05) is 35.8 Å². The first-order valence-corrected chi connectivity index (χ1v) is 13.2. The molecule has 206 valence electrons. The van der Waals surface area contributed by atoms with Gasteiger partial charge in [-0.05, 0) is 48.7 Å². The maximum absolute atomic E-state index is 12.7. The molecule has 2 aromatic carbocycles. The zero-order valence-corrected chi connectivity index (χ0v) is 23.4. The molecule has 1 amide bonds. The highest BCUT2D eigenvalue weighted by Gasteiger charge is 2.20. The van der Waals surface area contributed by atoms with Crippen LogP contribution in [0.2, 0.25) is 0 Å². The summed E-state index contributed by atoms with van der Waals surface area (Å²) in [5.74, 6) is 0.0638. The fraction of sp³-hybridized carbons (Fsp3) is 0.321. The molecule has 3 rings (SSSR count). The number of thioether (sulfide) groups is 1. The largest absolute Gasteiger partial charge is 0.483 e. The van der Waals surface area contributed by atoms with Gasteiger partial charge in [-0.25, -0.2) is 9.59 Å². The van der Waals surface area contributed by atoms with Gasteiger partial charge in [-0.1, -0.05) is 43.8 Å². The smallest absolute Gasteiger partial charge is 0.337 e. The molecule has 0 saturated carbocycles. The lowest BCUT2D eigenvalue weighted by atomic mass is 10.0. The Balaban J connectivity index is 1.71. The number of esters is 2. The lowest BCUT2D eigenvalue weighted by Gasteiger charge is -2.16. The van der Waals surface area contributed by atoms with E-state index < -0.39 is 18.0 Å². The van der Waals surface area contributed by atoms with Gasteiger partial charge in [0.2, 0.25) is 5.91 Å². The molecule has 1 unspecified atom stereocenters. The minimum absolute atomic E-state index is 0.00279. The molecule has 39 heavy (non-hydrogen) atoms. The summed E-state index contributed by atoms with van der Waals surface area (Å²) in [7, 11) is 2.45. The third-order valence-electron chi connectivity index (χ3n) is 5.67. The number of hydrogen-bond acceptors (Lipinski definition) is 9. The molecule has 3 aromatic rings. The average molecular weight is 553 g/mol. The van der Waals surface area contributed by atoms with Gasteiger partial charge in [-0.15, -0.1) is 16.8 Å². The molecule has 0 aliphatic heterocycles. The maximum atomic E-state index is 12.7. The fourth-order valence-corrected chi connectivity index (χ4v) is 4.45. The van der Waals surface area contributed by atoms with Gasteiger partial charge in [0.05, 0.1) is 31.1 Å². The molecule has 0 saturated heterocycles. The van der Waals surface area contributed by atoms with Crippen LogP contribution in [0.1, 0.15) is 64.9 Å². The SMILES string of the molecule is C=CCn1c(SCC(=O)Nc2cc(C(=O)OC)cc(C(=O)OC)c2)nnc1C(C)Oc1ccc(C(C)C)cc1. The van der Waals surface area contributed by atoms with Crippen LogP contribution in [-0.4, -0.2) is 52.6 Å². The van der Waals surface area contributed by atoms with Crippen LogP contribution < -0.4 is 10.1 Å². The van der Waals surface area contributed by atoms with Gasteiger partial charge in [-0.2, -0.15) is 0 Å². The van der Waals surface area contributed by atoms with Gasteiger partial charge >= 0.3 is 11.9 Å². The predicted octanol–water partition coefficient (Wildman–Crippen LogP) is 5.03. The first-order chi connectivity index (χ1) is 18.7. The summed E-state index contributed by atoms with van der Waals surface area (Å²) in [6, 6.07) is 12.1. The summed E-state index contributed by atoms with van der Waals surface area (Å²) in [6.07, 6.45) is 1.32. The van der Waals surface area contributed by atoms with Gasteiger partial charge < -0.3 is 19.5 Å². The predicted molar refractivity (Wildman–Crippen MR) is 148 cm³/mol. The molecule has 0 spiro atoms. The molecule has 11 heteroatoms. The van der Waals surface area contributed by atoms with Crippen molar-refractivity contribution in [3.63, 3.8) is 0 Å². The number of rotatable bonds is 12. The molecule has 10 nitrogen and oxygen atoms in total. The number of allylic oxidation sites excluding steroid dienone is 1. The molecular weight excluding hydrogens is 520 g/mol. The molecule has 0 aliphatic rings. The Morgan fingerprint density at radius 3 is 2.15 bits per heavy atom. The van der Waals surface area contributed by atoms with E-state index in [0.717, 1.165) is 0 Å². The topological polar surface area (TPSA) is 122 Å². The van der Waals surface area contributed by atoms with Gasteiger partial charge in [0.25, 0.3) is 0 Å². The summed E-state index contributed by atoms with van der Waals surface area (Å²) in [5, 5.41) is 11.8. The monoisotopic (exact) mass is 552 g/mol. The zero-order valence-electron chi connectivity index (χ0n) is 22.6. The van der Waals surface area contributed by atoms with E-state index in [4.69, 9.17) is 14.2 Å². The molecule has 1 atom stereocenters. The Morgan fingerprint density at radius 1 is 1.00 bits per heavy atom. The van der Waals surface area contributed by atoms with Crippen molar-refractivity contribution in [2.24, 2.45) is 0 Å². The summed E-state index contributed by atoms with van der Waals surface area (Å²) in [4.78, 5) is 36.8. The van der Waals surface area contributed by atoms with Crippen molar-refractivity contribution in [1.29, 1.82) is 0 Å². The van der Waals surface area contributed by atoms with Gasteiger partial charge in [0.15, 0.2) is 17.1 Å². The Labute approximate surface area is 231 Å². The van der Waals surface area contributed by atoms with Gasteiger partial charge in [-0.3, -0.25) is 9.36 Å². The molecule has 0 radical (unpaired) electrons. The number of nitrogens with one attached hydrogen (secondary N) is 1. The lowest BCUT2D eigenvalue weighted by Crippen LogP contribution is -2.17. The number of methoxy groups -OCH3 is 2.